The molecule has 5 aliphatic rings. The Morgan fingerprint density at radius 1 is 0.857 bits per heavy atom. The van der Waals surface area contributed by atoms with Crippen molar-refractivity contribution in [2.45, 2.75) is 63.2 Å². The van der Waals surface area contributed by atoms with Crippen LogP contribution in [0.3, 0.4) is 0 Å². The van der Waals surface area contributed by atoms with Crippen LogP contribution in [0.5, 0.6) is 0 Å². The SMILES string of the molecule is O=C(O)C1=C(C(=O)Nc2ccc(Nc3ccc(C45CC6CC(CC(C6)C4)C5)cc3Cl)cc2)CCC1. The zero-order chi connectivity index (χ0) is 24.2. The molecule has 182 valence electrons. The molecule has 0 unspecified atom stereocenters. The molecule has 2 aromatic carbocycles. The van der Waals surface area contributed by atoms with Crippen molar-refractivity contribution in [2.24, 2.45) is 17.8 Å². The third-order valence-corrected chi connectivity index (χ3v) is 9.10. The minimum Gasteiger partial charge on any atom is -0.478 e. The van der Waals surface area contributed by atoms with Gasteiger partial charge in [-0.1, -0.05) is 17.7 Å². The fourth-order valence-corrected chi connectivity index (χ4v) is 7.87. The fourth-order valence-electron chi connectivity index (χ4n) is 7.64. The van der Waals surface area contributed by atoms with E-state index >= 15 is 0 Å². The maximum absolute atomic E-state index is 12.5. The zero-order valence-electron chi connectivity index (χ0n) is 19.8. The highest BCUT2D eigenvalue weighted by Crippen LogP contribution is 2.61. The van der Waals surface area contributed by atoms with Crippen LogP contribution in [0.1, 0.15) is 63.4 Å². The molecule has 3 N–H and O–H groups in total. The molecule has 0 spiro atoms. The minimum atomic E-state index is -1.00. The molecular weight excluding hydrogens is 460 g/mol. The Morgan fingerprint density at radius 3 is 2.06 bits per heavy atom. The van der Waals surface area contributed by atoms with Gasteiger partial charge < -0.3 is 15.7 Å². The highest BCUT2D eigenvalue weighted by atomic mass is 35.5. The molecule has 1 amide bonds. The number of anilines is 3. The maximum atomic E-state index is 12.5. The summed E-state index contributed by atoms with van der Waals surface area (Å²) >= 11 is 6.76. The quantitative estimate of drug-likeness (QED) is 0.405. The van der Waals surface area contributed by atoms with E-state index in [2.05, 4.69) is 28.8 Å². The minimum absolute atomic E-state index is 0.229. The molecule has 2 aromatic rings. The van der Waals surface area contributed by atoms with Gasteiger partial charge in [0, 0.05) is 22.5 Å². The number of benzene rings is 2. The Balaban J connectivity index is 1.14. The Kier molecular flexibility index (Phi) is 5.63. The third-order valence-electron chi connectivity index (χ3n) is 8.79. The highest BCUT2D eigenvalue weighted by molar-refractivity contribution is 6.33. The number of carbonyl (C=O) groups is 2. The van der Waals surface area contributed by atoms with Crippen LogP contribution in [0.25, 0.3) is 0 Å². The van der Waals surface area contributed by atoms with Crippen molar-refractivity contribution in [1.29, 1.82) is 0 Å². The van der Waals surface area contributed by atoms with Gasteiger partial charge in [0.2, 0.25) is 0 Å². The summed E-state index contributed by atoms with van der Waals surface area (Å²) in [6.07, 6.45) is 9.91. The second kappa shape index (κ2) is 8.70. The summed E-state index contributed by atoms with van der Waals surface area (Å²) in [4.78, 5) is 23.9. The molecule has 4 saturated carbocycles. The first-order chi connectivity index (χ1) is 16.9. The molecule has 5 nitrogen and oxygen atoms in total. The van der Waals surface area contributed by atoms with Crippen LogP contribution in [0.15, 0.2) is 53.6 Å². The van der Waals surface area contributed by atoms with E-state index < -0.39 is 5.97 Å². The summed E-state index contributed by atoms with van der Waals surface area (Å²) < 4.78 is 0. The largest absolute Gasteiger partial charge is 0.478 e. The average molecular weight is 491 g/mol. The highest BCUT2D eigenvalue weighted by Gasteiger charge is 2.51. The van der Waals surface area contributed by atoms with Crippen LogP contribution in [0.2, 0.25) is 5.02 Å². The van der Waals surface area contributed by atoms with Crippen LogP contribution in [-0.4, -0.2) is 17.0 Å². The monoisotopic (exact) mass is 490 g/mol. The van der Waals surface area contributed by atoms with Gasteiger partial charge >= 0.3 is 5.97 Å². The molecule has 5 aliphatic carbocycles. The number of carboxylic acids is 1. The third kappa shape index (κ3) is 4.24. The van der Waals surface area contributed by atoms with Crippen molar-refractivity contribution in [2.75, 3.05) is 10.6 Å². The molecule has 0 radical (unpaired) electrons. The van der Waals surface area contributed by atoms with E-state index in [4.69, 9.17) is 11.6 Å². The molecule has 0 atom stereocenters. The fraction of sp³-hybridized carbons (Fsp3) is 0.448. The van der Waals surface area contributed by atoms with Crippen molar-refractivity contribution in [1.82, 2.24) is 0 Å². The number of hydrogen-bond donors (Lipinski definition) is 3. The summed E-state index contributed by atoms with van der Waals surface area (Å²) in [6, 6.07) is 14.0. The van der Waals surface area contributed by atoms with Gasteiger partial charge in [-0.2, -0.15) is 0 Å². The van der Waals surface area contributed by atoms with Crippen LogP contribution in [-0.2, 0) is 15.0 Å². The van der Waals surface area contributed by atoms with Crippen LogP contribution >= 0.6 is 11.6 Å². The molecule has 0 heterocycles. The average Bonchev–Trinajstić information content (AvgIpc) is 3.31. The predicted octanol–water partition coefficient (Wildman–Crippen LogP) is 7.06. The summed E-state index contributed by atoms with van der Waals surface area (Å²) in [6.45, 7) is 0. The maximum Gasteiger partial charge on any atom is 0.332 e. The van der Waals surface area contributed by atoms with Crippen LogP contribution in [0.4, 0.5) is 17.1 Å². The molecule has 6 heteroatoms. The number of halogens is 1. The molecule has 7 rings (SSSR count). The van der Waals surface area contributed by atoms with Gasteiger partial charge in [-0.05, 0) is 123 Å². The number of aliphatic carboxylic acids is 1. The number of nitrogens with one attached hydrogen (secondary N) is 2. The standard InChI is InChI=1S/C29H31ClN2O3/c30-25-13-20(29-14-17-10-18(15-29)12-19(11-17)16-29)4-9-26(25)31-21-5-7-22(8-6-21)32-27(33)23-2-1-3-24(23)28(34)35/h4-9,13,17-19,31H,1-3,10-12,14-16H2,(H,32,33)(H,34,35). The predicted molar refractivity (Wildman–Crippen MR) is 138 cm³/mol. The van der Waals surface area contributed by atoms with Crippen molar-refractivity contribution in [3.63, 3.8) is 0 Å². The van der Waals surface area contributed by atoms with E-state index in [-0.39, 0.29) is 11.5 Å². The molecular formula is C29H31ClN2O3. The van der Waals surface area contributed by atoms with Crippen molar-refractivity contribution >= 4 is 40.5 Å². The molecule has 4 fully saturated rings. The number of amides is 1. The summed E-state index contributed by atoms with van der Waals surface area (Å²) in [5.41, 5.74) is 4.72. The lowest BCUT2D eigenvalue weighted by atomic mass is 9.48. The van der Waals surface area contributed by atoms with Crippen molar-refractivity contribution in [3.05, 3.63) is 64.2 Å². The van der Waals surface area contributed by atoms with Crippen molar-refractivity contribution in [3.8, 4) is 0 Å². The van der Waals surface area contributed by atoms with E-state index in [0.29, 0.717) is 35.9 Å². The zero-order valence-corrected chi connectivity index (χ0v) is 20.5. The van der Waals surface area contributed by atoms with Crippen LogP contribution in [0, 0.1) is 17.8 Å². The van der Waals surface area contributed by atoms with E-state index in [1.165, 1.54) is 44.1 Å². The smallest absolute Gasteiger partial charge is 0.332 e. The Labute approximate surface area is 210 Å². The van der Waals surface area contributed by atoms with Gasteiger partial charge in [0.1, 0.15) is 0 Å². The van der Waals surface area contributed by atoms with Gasteiger partial charge in [-0.15, -0.1) is 0 Å². The first kappa shape index (κ1) is 22.7. The topological polar surface area (TPSA) is 78.4 Å². The summed E-state index contributed by atoms with van der Waals surface area (Å²) in [5, 5.41) is 16.3. The number of hydrogen-bond acceptors (Lipinski definition) is 3. The normalized spacial score (nSPS) is 28.9. The lowest BCUT2D eigenvalue weighted by Crippen LogP contribution is -2.48. The van der Waals surface area contributed by atoms with E-state index in [9.17, 15) is 14.7 Å². The Hall–Kier alpha value is -2.79. The molecule has 35 heavy (non-hydrogen) atoms. The van der Waals surface area contributed by atoms with Gasteiger partial charge in [-0.3, -0.25) is 4.79 Å². The van der Waals surface area contributed by atoms with Gasteiger partial charge in [0.15, 0.2) is 0 Å². The summed E-state index contributed by atoms with van der Waals surface area (Å²) in [7, 11) is 0. The second-order valence-corrected chi connectivity index (χ2v) is 11.6. The second-order valence-electron chi connectivity index (χ2n) is 11.2. The van der Waals surface area contributed by atoms with E-state index in [0.717, 1.165) is 34.2 Å². The lowest BCUT2D eigenvalue weighted by Gasteiger charge is -2.57. The van der Waals surface area contributed by atoms with E-state index in [1.54, 1.807) is 0 Å². The van der Waals surface area contributed by atoms with E-state index in [1.807, 2.05) is 24.3 Å². The number of rotatable bonds is 6. The van der Waals surface area contributed by atoms with Gasteiger partial charge in [0.25, 0.3) is 5.91 Å². The first-order valence-electron chi connectivity index (χ1n) is 12.8. The lowest BCUT2D eigenvalue weighted by molar-refractivity contribution is -0.133. The molecule has 0 aromatic heterocycles. The van der Waals surface area contributed by atoms with Gasteiger partial charge in [-0.25, -0.2) is 4.79 Å². The molecule has 0 saturated heterocycles. The van der Waals surface area contributed by atoms with Crippen molar-refractivity contribution < 1.29 is 14.7 Å². The van der Waals surface area contributed by atoms with Crippen LogP contribution < -0.4 is 10.6 Å². The molecule has 0 aliphatic heterocycles. The van der Waals surface area contributed by atoms with Gasteiger partial charge in [0.05, 0.1) is 10.7 Å². The molecule has 4 bridgehead atoms. The Bertz CT molecular complexity index is 1180. The Morgan fingerprint density at radius 2 is 1.46 bits per heavy atom. The number of carbonyl (C=O) groups excluding carboxylic acids is 1. The number of carboxylic acid groups (broad SMARTS) is 1. The first-order valence-corrected chi connectivity index (χ1v) is 13.2. The summed E-state index contributed by atoms with van der Waals surface area (Å²) in [5.74, 6) is 1.37.